The van der Waals surface area contributed by atoms with Gasteiger partial charge in [0.25, 0.3) is 0 Å². The number of aliphatic hydroxyl groups excluding tert-OH is 1. The molecule has 0 spiro atoms. The quantitative estimate of drug-likeness (QED) is 0.345. The van der Waals surface area contributed by atoms with Crippen molar-refractivity contribution in [2.24, 2.45) is 5.92 Å². The zero-order valence-corrected chi connectivity index (χ0v) is 10.9. The Kier molecular flexibility index (Phi) is 7.62. The van der Waals surface area contributed by atoms with Gasteiger partial charge in [0.15, 0.2) is 0 Å². The van der Waals surface area contributed by atoms with Gasteiger partial charge in [0.2, 0.25) is 0 Å². The van der Waals surface area contributed by atoms with E-state index in [0.29, 0.717) is 12.2 Å². The zero-order chi connectivity index (χ0) is 13.3. The maximum Gasteiger partial charge on any atom is 0.307 e. The average Bonchev–Trinajstić information content (AvgIpc) is 2.34. The van der Waals surface area contributed by atoms with E-state index in [1.807, 2.05) is 13.8 Å². The summed E-state index contributed by atoms with van der Waals surface area (Å²) >= 11 is 0. The van der Waals surface area contributed by atoms with Gasteiger partial charge in [-0.2, -0.15) is 0 Å². The maximum absolute atomic E-state index is 11.2. The summed E-state index contributed by atoms with van der Waals surface area (Å²) in [7, 11) is 1.36. The summed E-state index contributed by atoms with van der Waals surface area (Å²) < 4.78 is 4.63. The van der Waals surface area contributed by atoms with Crippen LogP contribution in [0.4, 0.5) is 0 Å². The van der Waals surface area contributed by atoms with Crippen LogP contribution in [0.25, 0.3) is 0 Å². The molecular weight excluding hydrogens is 216 g/mol. The lowest BCUT2D eigenvalue weighted by molar-refractivity contribution is -0.141. The maximum atomic E-state index is 11.2. The minimum absolute atomic E-state index is 0.159. The van der Waals surface area contributed by atoms with E-state index < -0.39 is 0 Å². The van der Waals surface area contributed by atoms with E-state index in [9.17, 15) is 9.90 Å². The monoisotopic (exact) mass is 236 g/mol. The molecule has 0 radical (unpaired) electrons. The van der Waals surface area contributed by atoms with Gasteiger partial charge >= 0.3 is 5.97 Å². The van der Waals surface area contributed by atoms with Crippen LogP contribution in [0, 0.1) is 17.8 Å². The van der Waals surface area contributed by atoms with E-state index in [2.05, 4.69) is 16.6 Å². The van der Waals surface area contributed by atoms with Crippen molar-refractivity contribution in [3.63, 3.8) is 0 Å². The molecule has 0 amide bonds. The highest BCUT2D eigenvalue weighted by molar-refractivity contribution is 5.70. The summed E-state index contributed by atoms with van der Waals surface area (Å²) in [6.07, 6.45) is 4.25. The SMILES string of the molecule is CC#CC(CC(=O)OC)/C(C)=C/C=C(/O)CC. The number of hydrogen-bond donors (Lipinski definition) is 1. The fourth-order valence-electron chi connectivity index (χ4n) is 1.21. The number of ether oxygens (including phenoxy) is 1. The molecule has 0 aromatic rings. The highest BCUT2D eigenvalue weighted by atomic mass is 16.5. The van der Waals surface area contributed by atoms with E-state index in [1.165, 1.54) is 7.11 Å². The lowest BCUT2D eigenvalue weighted by Crippen LogP contribution is -2.09. The predicted octanol–water partition coefficient (Wildman–Crippen LogP) is 2.99. The summed E-state index contributed by atoms with van der Waals surface area (Å²) in [5, 5.41) is 9.34. The smallest absolute Gasteiger partial charge is 0.307 e. The first kappa shape index (κ1) is 15.3. The Morgan fingerprint density at radius 1 is 1.47 bits per heavy atom. The van der Waals surface area contributed by atoms with E-state index >= 15 is 0 Å². The van der Waals surface area contributed by atoms with E-state index in [0.717, 1.165) is 5.57 Å². The lowest BCUT2D eigenvalue weighted by atomic mass is 9.97. The molecule has 94 valence electrons. The minimum Gasteiger partial charge on any atom is -0.512 e. The van der Waals surface area contributed by atoms with Crippen LogP contribution in [0.1, 0.15) is 33.6 Å². The Morgan fingerprint density at radius 3 is 2.59 bits per heavy atom. The van der Waals surface area contributed by atoms with Crippen molar-refractivity contribution < 1.29 is 14.6 Å². The Hall–Kier alpha value is -1.69. The fourth-order valence-corrected chi connectivity index (χ4v) is 1.21. The van der Waals surface area contributed by atoms with Gasteiger partial charge in [0, 0.05) is 6.42 Å². The van der Waals surface area contributed by atoms with Gasteiger partial charge in [-0.3, -0.25) is 4.79 Å². The number of hydrogen-bond acceptors (Lipinski definition) is 3. The summed E-state index contributed by atoms with van der Waals surface area (Å²) in [4.78, 5) is 11.2. The Balaban J connectivity index is 4.80. The molecule has 0 aliphatic heterocycles. The highest BCUT2D eigenvalue weighted by Gasteiger charge is 2.13. The number of allylic oxidation sites excluding steroid dienone is 4. The largest absolute Gasteiger partial charge is 0.512 e. The second-order valence-corrected chi connectivity index (χ2v) is 3.65. The summed E-state index contributed by atoms with van der Waals surface area (Å²) in [5.74, 6) is 5.63. The fraction of sp³-hybridized carbons (Fsp3) is 0.500. The molecule has 0 saturated heterocycles. The first-order valence-corrected chi connectivity index (χ1v) is 5.60. The van der Waals surface area contributed by atoms with Crippen molar-refractivity contribution >= 4 is 5.97 Å². The van der Waals surface area contributed by atoms with Crippen LogP contribution in [0.2, 0.25) is 0 Å². The summed E-state index contributed by atoms with van der Waals surface area (Å²) in [6.45, 7) is 5.49. The molecule has 0 aromatic heterocycles. The molecule has 0 aliphatic rings. The van der Waals surface area contributed by atoms with E-state index in [4.69, 9.17) is 0 Å². The van der Waals surface area contributed by atoms with Crippen molar-refractivity contribution in [3.8, 4) is 11.8 Å². The molecule has 1 atom stereocenters. The van der Waals surface area contributed by atoms with Crippen molar-refractivity contribution in [2.45, 2.75) is 33.6 Å². The second kappa shape index (κ2) is 8.46. The van der Waals surface area contributed by atoms with Crippen LogP contribution < -0.4 is 0 Å². The van der Waals surface area contributed by atoms with Crippen LogP contribution in [0.15, 0.2) is 23.5 Å². The number of rotatable bonds is 5. The molecule has 1 unspecified atom stereocenters. The molecule has 0 heterocycles. The number of carbonyl (C=O) groups is 1. The first-order chi connectivity index (χ1) is 8.04. The zero-order valence-electron chi connectivity index (χ0n) is 10.9. The van der Waals surface area contributed by atoms with Crippen molar-refractivity contribution in [2.75, 3.05) is 7.11 Å². The third-order valence-electron chi connectivity index (χ3n) is 2.37. The van der Waals surface area contributed by atoms with Crippen LogP contribution in [-0.4, -0.2) is 18.2 Å². The number of methoxy groups -OCH3 is 1. The molecule has 0 saturated carbocycles. The van der Waals surface area contributed by atoms with Crippen LogP contribution in [0.5, 0.6) is 0 Å². The van der Waals surface area contributed by atoms with Gasteiger partial charge in [-0.15, -0.1) is 5.92 Å². The highest BCUT2D eigenvalue weighted by Crippen LogP contribution is 2.15. The Bertz CT molecular complexity index is 367. The molecule has 0 fully saturated rings. The van der Waals surface area contributed by atoms with Gasteiger partial charge < -0.3 is 9.84 Å². The minimum atomic E-state index is -0.283. The second-order valence-electron chi connectivity index (χ2n) is 3.65. The Morgan fingerprint density at radius 2 is 2.12 bits per heavy atom. The average molecular weight is 236 g/mol. The van der Waals surface area contributed by atoms with Gasteiger partial charge in [0.1, 0.15) is 0 Å². The molecule has 0 bridgehead atoms. The summed E-state index contributed by atoms with van der Waals surface area (Å²) in [5.41, 5.74) is 0.935. The van der Waals surface area contributed by atoms with Gasteiger partial charge in [-0.25, -0.2) is 0 Å². The van der Waals surface area contributed by atoms with Gasteiger partial charge in [0.05, 0.1) is 25.2 Å². The van der Waals surface area contributed by atoms with Gasteiger partial charge in [-0.05, 0) is 19.9 Å². The summed E-state index contributed by atoms with van der Waals surface area (Å²) in [6, 6.07) is 0. The number of esters is 1. The van der Waals surface area contributed by atoms with Crippen LogP contribution >= 0.6 is 0 Å². The third kappa shape index (κ3) is 6.47. The van der Waals surface area contributed by atoms with Crippen molar-refractivity contribution in [1.82, 2.24) is 0 Å². The molecule has 0 rings (SSSR count). The molecule has 17 heavy (non-hydrogen) atoms. The standard InChI is InChI=1S/C14H20O3/c1-5-7-12(10-14(16)17-4)11(3)8-9-13(15)6-2/h8-9,12,15H,6,10H2,1-4H3/b11-8+,13-9+. The molecular formula is C14H20O3. The first-order valence-electron chi connectivity index (χ1n) is 5.60. The molecule has 1 N–H and O–H groups in total. The predicted molar refractivity (Wildman–Crippen MR) is 68.3 cm³/mol. The molecule has 0 aromatic carbocycles. The van der Waals surface area contributed by atoms with Crippen LogP contribution in [-0.2, 0) is 9.53 Å². The molecule has 0 aliphatic carbocycles. The molecule has 3 heteroatoms. The van der Waals surface area contributed by atoms with Gasteiger partial charge in [-0.1, -0.05) is 24.5 Å². The van der Waals surface area contributed by atoms with Crippen LogP contribution in [0.3, 0.4) is 0 Å². The van der Waals surface area contributed by atoms with Crippen molar-refractivity contribution in [3.05, 3.63) is 23.5 Å². The lowest BCUT2D eigenvalue weighted by Gasteiger charge is -2.09. The Labute approximate surface area is 103 Å². The number of carbonyl (C=O) groups excluding carboxylic acids is 1. The molecule has 3 nitrogen and oxygen atoms in total. The number of aliphatic hydroxyl groups is 1. The van der Waals surface area contributed by atoms with Crippen molar-refractivity contribution in [1.29, 1.82) is 0 Å². The third-order valence-corrected chi connectivity index (χ3v) is 2.37. The topological polar surface area (TPSA) is 46.5 Å². The van der Waals surface area contributed by atoms with E-state index in [-0.39, 0.29) is 18.3 Å². The normalized spacial score (nSPS) is 13.6. The van der Waals surface area contributed by atoms with E-state index in [1.54, 1.807) is 19.1 Å².